The van der Waals surface area contributed by atoms with Crippen LogP contribution >= 0.6 is 24.0 Å². The molecule has 2 aromatic carbocycles. The van der Waals surface area contributed by atoms with Crippen LogP contribution in [0.15, 0.2) is 47.5 Å². The molecular weight excluding hydrogens is 495 g/mol. The van der Waals surface area contributed by atoms with Crippen LogP contribution in [0.3, 0.4) is 0 Å². The molecule has 0 bridgehead atoms. The Bertz CT molecular complexity index is 842. The van der Waals surface area contributed by atoms with Crippen LogP contribution in [0.5, 0.6) is 0 Å². The van der Waals surface area contributed by atoms with Crippen molar-refractivity contribution in [3.05, 3.63) is 75.1 Å². The summed E-state index contributed by atoms with van der Waals surface area (Å²) in [4.78, 5) is 14.0. The van der Waals surface area contributed by atoms with Crippen molar-refractivity contribution in [1.82, 2.24) is 10.6 Å². The average molecular weight is 512 g/mol. The molecule has 152 valence electrons. The smallest absolute Gasteiger partial charge is 0.352 e. The maximum atomic E-state index is 13.1. The second-order valence-corrected chi connectivity index (χ2v) is 5.50. The Labute approximate surface area is 175 Å². The summed E-state index contributed by atoms with van der Waals surface area (Å²) in [6.45, 7) is 0.0439. The van der Waals surface area contributed by atoms with Crippen LogP contribution < -0.4 is 10.6 Å². The van der Waals surface area contributed by atoms with Gasteiger partial charge in [0.05, 0.1) is 10.5 Å². The minimum atomic E-state index is -4.67. The molecule has 0 amide bonds. The summed E-state index contributed by atoms with van der Waals surface area (Å²) in [6, 6.07) is 8.28. The van der Waals surface area contributed by atoms with Crippen molar-refractivity contribution >= 4 is 35.6 Å². The van der Waals surface area contributed by atoms with Crippen molar-refractivity contribution in [3.8, 4) is 0 Å². The SMILES string of the molecule is CN=C(NCc1ccc([N+](=O)[O-])cc1)NCc1ccc(F)cc1C(F)(F)F.I. The number of hydrogen-bond donors (Lipinski definition) is 2. The van der Waals surface area contributed by atoms with Crippen LogP contribution in [0.1, 0.15) is 16.7 Å². The fraction of sp³-hybridized carbons (Fsp3) is 0.235. The molecule has 0 aliphatic carbocycles. The lowest BCUT2D eigenvalue weighted by molar-refractivity contribution is -0.384. The molecule has 0 heterocycles. The number of guanidine groups is 1. The van der Waals surface area contributed by atoms with Crippen LogP contribution in [0.4, 0.5) is 23.2 Å². The van der Waals surface area contributed by atoms with E-state index in [2.05, 4.69) is 15.6 Å². The van der Waals surface area contributed by atoms with Crippen molar-refractivity contribution < 1.29 is 22.5 Å². The Morgan fingerprint density at radius 2 is 1.71 bits per heavy atom. The third kappa shape index (κ3) is 6.62. The van der Waals surface area contributed by atoms with E-state index in [-0.39, 0.29) is 54.3 Å². The summed E-state index contributed by atoms with van der Waals surface area (Å²) >= 11 is 0. The fourth-order valence-corrected chi connectivity index (χ4v) is 2.29. The fourth-order valence-electron chi connectivity index (χ4n) is 2.29. The summed E-state index contributed by atoms with van der Waals surface area (Å²) < 4.78 is 52.1. The van der Waals surface area contributed by atoms with E-state index in [4.69, 9.17) is 0 Å². The number of nitro groups is 1. The first-order valence-corrected chi connectivity index (χ1v) is 7.74. The number of nitro benzene ring substituents is 1. The number of halogens is 5. The van der Waals surface area contributed by atoms with Gasteiger partial charge in [0.2, 0.25) is 0 Å². The standard InChI is InChI=1S/C17H16F4N4O2.HI/c1-22-16(23-9-11-2-6-14(7-3-11)25(26)27)24-10-12-4-5-13(18)8-15(12)17(19,20)21;/h2-8H,9-10H2,1H3,(H2,22,23,24);1H. The summed E-state index contributed by atoms with van der Waals surface area (Å²) in [5.41, 5.74) is -0.499. The van der Waals surface area contributed by atoms with E-state index in [9.17, 15) is 27.7 Å². The summed E-state index contributed by atoms with van der Waals surface area (Å²) in [7, 11) is 1.44. The molecule has 0 atom stereocenters. The van der Waals surface area contributed by atoms with Gasteiger partial charge in [-0.15, -0.1) is 24.0 Å². The first-order chi connectivity index (χ1) is 12.7. The number of rotatable bonds is 5. The van der Waals surface area contributed by atoms with E-state index >= 15 is 0 Å². The largest absolute Gasteiger partial charge is 0.416 e. The monoisotopic (exact) mass is 512 g/mol. The number of alkyl halides is 3. The topological polar surface area (TPSA) is 79.6 Å². The van der Waals surface area contributed by atoms with Gasteiger partial charge < -0.3 is 10.6 Å². The molecule has 0 aliphatic heterocycles. The highest BCUT2D eigenvalue weighted by Crippen LogP contribution is 2.32. The van der Waals surface area contributed by atoms with E-state index in [1.165, 1.54) is 19.2 Å². The number of aliphatic imine (C=N–C) groups is 1. The van der Waals surface area contributed by atoms with E-state index in [0.717, 1.165) is 17.7 Å². The van der Waals surface area contributed by atoms with Crippen LogP contribution in [0.2, 0.25) is 0 Å². The number of nitrogens with one attached hydrogen (secondary N) is 2. The number of non-ortho nitro benzene ring substituents is 1. The number of benzene rings is 2. The second kappa shape index (κ2) is 10.2. The Balaban J connectivity index is 0.00000392. The van der Waals surface area contributed by atoms with E-state index < -0.39 is 22.5 Å². The quantitative estimate of drug-likeness (QED) is 0.157. The first kappa shape index (κ1) is 23.6. The maximum Gasteiger partial charge on any atom is 0.416 e. The predicted octanol–water partition coefficient (Wildman–Crippen LogP) is 4.24. The van der Waals surface area contributed by atoms with Gasteiger partial charge in [-0.3, -0.25) is 15.1 Å². The van der Waals surface area contributed by atoms with Crippen LogP contribution in [-0.2, 0) is 19.3 Å². The second-order valence-electron chi connectivity index (χ2n) is 5.50. The molecule has 0 unspecified atom stereocenters. The highest BCUT2D eigenvalue weighted by atomic mass is 127. The summed E-state index contributed by atoms with van der Waals surface area (Å²) in [6.07, 6.45) is -4.67. The zero-order valence-corrected chi connectivity index (χ0v) is 16.9. The first-order valence-electron chi connectivity index (χ1n) is 7.74. The van der Waals surface area contributed by atoms with Crippen molar-refractivity contribution in [2.75, 3.05) is 7.05 Å². The van der Waals surface area contributed by atoms with E-state index in [0.29, 0.717) is 6.07 Å². The highest BCUT2D eigenvalue weighted by Gasteiger charge is 2.33. The molecule has 0 fully saturated rings. The third-order valence-electron chi connectivity index (χ3n) is 3.65. The van der Waals surface area contributed by atoms with Crippen molar-refractivity contribution in [2.24, 2.45) is 4.99 Å². The molecule has 6 nitrogen and oxygen atoms in total. The molecular formula is C17H17F4IN4O2. The molecule has 2 N–H and O–H groups in total. The highest BCUT2D eigenvalue weighted by molar-refractivity contribution is 14.0. The molecule has 2 rings (SSSR count). The van der Waals surface area contributed by atoms with Crippen molar-refractivity contribution in [2.45, 2.75) is 19.3 Å². The molecule has 11 heteroatoms. The maximum absolute atomic E-state index is 13.1. The lowest BCUT2D eigenvalue weighted by Crippen LogP contribution is -2.36. The number of nitrogens with zero attached hydrogens (tertiary/aromatic N) is 2. The van der Waals surface area contributed by atoms with Gasteiger partial charge >= 0.3 is 6.18 Å². The summed E-state index contributed by atoms with van der Waals surface area (Å²) in [5.74, 6) is -0.738. The van der Waals surface area contributed by atoms with Gasteiger partial charge in [0.1, 0.15) is 5.82 Å². The van der Waals surface area contributed by atoms with Crippen LogP contribution in [0.25, 0.3) is 0 Å². The van der Waals surface area contributed by atoms with Gasteiger partial charge in [0.25, 0.3) is 5.69 Å². The molecule has 0 spiro atoms. The van der Waals surface area contributed by atoms with Gasteiger partial charge in [-0.1, -0.05) is 18.2 Å². The van der Waals surface area contributed by atoms with Crippen LogP contribution in [0, 0.1) is 15.9 Å². The minimum Gasteiger partial charge on any atom is -0.352 e. The molecule has 0 aromatic heterocycles. The third-order valence-corrected chi connectivity index (χ3v) is 3.65. The molecule has 0 saturated heterocycles. The van der Waals surface area contributed by atoms with Crippen LogP contribution in [-0.4, -0.2) is 17.9 Å². The zero-order valence-electron chi connectivity index (χ0n) is 14.6. The number of hydrogen-bond acceptors (Lipinski definition) is 3. The average Bonchev–Trinajstić information content (AvgIpc) is 2.62. The Kier molecular flexibility index (Phi) is 8.60. The predicted molar refractivity (Wildman–Crippen MR) is 107 cm³/mol. The van der Waals surface area contributed by atoms with Gasteiger partial charge in [-0.25, -0.2) is 4.39 Å². The Morgan fingerprint density at radius 3 is 2.25 bits per heavy atom. The molecule has 0 saturated carbocycles. The molecule has 0 aliphatic rings. The van der Waals surface area contributed by atoms with E-state index in [1.807, 2.05) is 0 Å². The normalized spacial score (nSPS) is 11.5. The lowest BCUT2D eigenvalue weighted by Gasteiger charge is -2.16. The van der Waals surface area contributed by atoms with Crippen molar-refractivity contribution in [3.63, 3.8) is 0 Å². The van der Waals surface area contributed by atoms with Gasteiger partial charge in [-0.2, -0.15) is 13.2 Å². The molecule has 28 heavy (non-hydrogen) atoms. The minimum absolute atomic E-state index is 0. The van der Waals surface area contributed by atoms with Gasteiger partial charge in [-0.05, 0) is 23.3 Å². The zero-order chi connectivity index (χ0) is 20.0. The molecule has 0 radical (unpaired) electrons. The lowest BCUT2D eigenvalue weighted by atomic mass is 10.1. The van der Waals surface area contributed by atoms with E-state index in [1.54, 1.807) is 12.1 Å². The van der Waals surface area contributed by atoms with Crippen molar-refractivity contribution in [1.29, 1.82) is 0 Å². The summed E-state index contributed by atoms with van der Waals surface area (Å²) in [5, 5.41) is 16.2. The Hall–Kier alpha value is -2.44. The Morgan fingerprint density at radius 1 is 1.11 bits per heavy atom. The molecule has 2 aromatic rings. The van der Waals surface area contributed by atoms with Gasteiger partial charge in [0.15, 0.2) is 5.96 Å². The van der Waals surface area contributed by atoms with Gasteiger partial charge in [0, 0.05) is 32.3 Å².